The highest BCUT2D eigenvalue weighted by molar-refractivity contribution is 4.89. The first-order valence-corrected chi connectivity index (χ1v) is 5.51. The quantitative estimate of drug-likeness (QED) is 0.596. The van der Waals surface area contributed by atoms with Gasteiger partial charge in [0.05, 0.1) is 5.60 Å². The fourth-order valence-corrected chi connectivity index (χ4v) is 2.03. The molecule has 0 unspecified atom stereocenters. The Balaban J connectivity index is 0.000000213. The minimum atomic E-state index is 0.311. The van der Waals surface area contributed by atoms with Gasteiger partial charge in [-0.25, -0.2) is 0 Å². The van der Waals surface area contributed by atoms with Crippen molar-refractivity contribution in [3.8, 4) is 11.8 Å². The maximum Gasteiger partial charge on any atom is 0.0707 e. The fraction of sp³-hybridized carbons (Fsp3) is 0.833. The predicted molar refractivity (Wildman–Crippen MR) is 59.1 cm³/mol. The van der Waals surface area contributed by atoms with Crippen LogP contribution in [-0.2, 0) is 4.74 Å². The maximum absolute atomic E-state index is 5.74. The van der Waals surface area contributed by atoms with E-state index in [0.29, 0.717) is 5.60 Å². The molecule has 0 atom stereocenters. The molecule has 2 saturated heterocycles. The van der Waals surface area contributed by atoms with Crippen LogP contribution in [-0.4, -0.2) is 25.3 Å². The highest BCUT2D eigenvalue weighted by Gasteiger charge is 2.35. The maximum atomic E-state index is 5.74. The summed E-state index contributed by atoms with van der Waals surface area (Å²) in [6, 6.07) is 0. The van der Waals surface area contributed by atoms with Crippen LogP contribution in [0, 0.1) is 11.8 Å². The van der Waals surface area contributed by atoms with Gasteiger partial charge < -0.3 is 10.1 Å². The Bertz CT molecular complexity index is 194. The number of rotatable bonds is 0. The first kappa shape index (κ1) is 11.6. The van der Waals surface area contributed by atoms with E-state index in [1.165, 1.54) is 25.7 Å². The molecule has 14 heavy (non-hydrogen) atoms. The van der Waals surface area contributed by atoms with E-state index in [1.54, 1.807) is 0 Å². The van der Waals surface area contributed by atoms with Gasteiger partial charge in [-0.2, -0.15) is 0 Å². The molecule has 2 heteroatoms. The standard InChI is InChI=1S/C8H15NO.C4H6/c1-2-8(10-7-1)3-5-9-6-4-8;1-3-4-2/h9H,1-7H2;1-2H3. The lowest BCUT2D eigenvalue weighted by Crippen LogP contribution is -2.41. The Morgan fingerprint density at radius 1 is 1.07 bits per heavy atom. The smallest absolute Gasteiger partial charge is 0.0707 e. The van der Waals surface area contributed by atoms with E-state index < -0.39 is 0 Å². The van der Waals surface area contributed by atoms with E-state index in [0.717, 1.165) is 19.7 Å². The Morgan fingerprint density at radius 2 is 1.71 bits per heavy atom. The summed E-state index contributed by atoms with van der Waals surface area (Å²) < 4.78 is 5.74. The fourth-order valence-electron chi connectivity index (χ4n) is 2.03. The third kappa shape index (κ3) is 3.32. The molecule has 2 fully saturated rings. The molecule has 2 heterocycles. The van der Waals surface area contributed by atoms with E-state index in [4.69, 9.17) is 4.74 Å². The first-order valence-electron chi connectivity index (χ1n) is 5.51. The Labute approximate surface area is 87.4 Å². The minimum Gasteiger partial charge on any atom is -0.375 e. The van der Waals surface area contributed by atoms with Gasteiger partial charge in [0.25, 0.3) is 0 Å². The second kappa shape index (κ2) is 6.06. The number of hydrogen-bond donors (Lipinski definition) is 1. The van der Waals surface area contributed by atoms with Gasteiger partial charge in [-0.05, 0) is 52.6 Å². The van der Waals surface area contributed by atoms with Crippen molar-refractivity contribution in [2.24, 2.45) is 0 Å². The summed E-state index contributed by atoms with van der Waals surface area (Å²) in [5.41, 5.74) is 0.311. The van der Waals surface area contributed by atoms with Crippen molar-refractivity contribution in [2.75, 3.05) is 19.7 Å². The monoisotopic (exact) mass is 195 g/mol. The van der Waals surface area contributed by atoms with Crippen LogP contribution in [0.2, 0.25) is 0 Å². The summed E-state index contributed by atoms with van der Waals surface area (Å²) in [5.74, 6) is 5.36. The Hall–Kier alpha value is -0.520. The summed E-state index contributed by atoms with van der Waals surface area (Å²) >= 11 is 0. The third-order valence-electron chi connectivity index (χ3n) is 2.95. The summed E-state index contributed by atoms with van der Waals surface area (Å²) in [7, 11) is 0. The zero-order valence-corrected chi connectivity index (χ0v) is 9.36. The highest BCUT2D eigenvalue weighted by atomic mass is 16.5. The normalized spacial score (nSPS) is 23.3. The van der Waals surface area contributed by atoms with Crippen molar-refractivity contribution in [1.29, 1.82) is 0 Å². The SMILES string of the molecule is C1COC2(C1)CCNCC2.CC#CC. The van der Waals surface area contributed by atoms with E-state index in [1.807, 2.05) is 13.8 Å². The average Bonchev–Trinajstić information content (AvgIpc) is 2.68. The zero-order chi connectivity index (χ0) is 10.3. The van der Waals surface area contributed by atoms with Crippen molar-refractivity contribution >= 4 is 0 Å². The van der Waals surface area contributed by atoms with Gasteiger partial charge in [0.15, 0.2) is 0 Å². The molecule has 0 aromatic carbocycles. The zero-order valence-electron chi connectivity index (χ0n) is 9.36. The van der Waals surface area contributed by atoms with Crippen LogP contribution < -0.4 is 5.32 Å². The van der Waals surface area contributed by atoms with Crippen LogP contribution in [0.3, 0.4) is 0 Å². The second-order valence-corrected chi connectivity index (χ2v) is 3.89. The van der Waals surface area contributed by atoms with Gasteiger partial charge in [0.2, 0.25) is 0 Å². The molecule has 2 nitrogen and oxygen atoms in total. The van der Waals surface area contributed by atoms with E-state index in [-0.39, 0.29) is 0 Å². The van der Waals surface area contributed by atoms with Crippen molar-refractivity contribution in [2.45, 2.75) is 45.1 Å². The number of ether oxygens (including phenoxy) is 1. The number of hydrogen-bond acceptors (Lipinski definition) is 2. The van der Waals surface area contributed by atoms with Crippen LogP contribution in [0.1, 0.15) is 39.5 Å². The Morgan fingerprint density at radius 3 is 2.14 bits per heavy atom. The van der Waals surface area contributed by atoms with Gasteiger partial charge >= 0.3 is 0 Å². The lowest BCUT2D eigenvalue weighted by molar-refractivity contribution is -0.0190. The third-order valence-corrected chi connectivity index (χ3v) is 2.95. The lowest BCUT2D eigenvalue weighted by Gasteiger charge is -2.32. The van der Waals surface area contributed by atoms with Crippen LogP contribution in [0.4, 0.5) is 0 Å². The van der Waals surface area contributed by atoms with Crippen LogP contribution in [0.25, 0.3) is 0 Å². The van der Waals surface area contributed by atoms with Gasteiger partial charge in [-0.15, -0.1) is 11.8 Å². The van der Waals surface area contributed by atoms with Gasteiger partial charge in [-0.3, -0.25) is 0 Å². The molecule has 0 amide bonds. The van der Waals surface area contributed by atoms with E-state index in [2.05, 4.69) is 17.2 Å². The molecule has 0 saturated carbocycles. The van der Waals surface area contributed by atoms with Crippen LogP contribution in [0.5, 0.6) is 0 Å². The molecular formula is C12H21NO. The largest absolute Gasteiger partial charge is 0.375 e. The average molecular weight is 195 g/mol. The molecule has 80 valence electrons. The summed E-state index contributed by atoms with van der Waals surface area (Å²) in [5, 5.41) is 3.36. The van der Waals surface area contributed by atoms with Gasteiger partial charge in [-0.1, -0.05) is 0 Å². The molecule has 0 bridgehead atoms. The van der Waals surface area contributed by atoms with E-state index >= 15 is 0 Å². The topological polar surface area (TPSA) is 21.3 Å². The van der Waals surface area contributed by atoms with Crippen molar-refractivity contribution in [3.05, 3.63) is 0 Å². The summed E-state index contributed by atoms with van der Waals surface area (Å²) in [6.45, 7) is 6.94. The molecule has 0 aromatic rings. The van der Waals surface area contributed by atoms with Crippen LogP contribution >= 0.6 is 0 Å². The minimum absolute atomic E-state index is 0.311. The highest BCUT2D eigenvalue weighted by Crippen LogP contribution is 2.33. The molecule has 0 aliphatic carbocycles. The van der Waals surface area contributed by atoms with E-state index in [9.17, 15) is 0 Å². The molecule has 1 spiro atoms. The first-order chi connectivity index (χ1) is 6.83. The van der Waals surface area contributed by atoms with Gasteiger partial charge in [0, 0.05) is 6.61 Å². The molecule has 0 aromatic heterocycles. The number of nitrogens with one attached hydrogen (secondary N) is 1. The van der Waals surface area contributed by atoms with Crippen LogP contribution in [0.15, 0.2) is 0 Å². The van der Waals surface area contributed by atoms with Crippen molar-refractivity contribution in [1.82, 2.24) is 5.32 Å². The molecule has 0 radical (unpaired) electrons. The van der Waals surface area contributed by atoms with Gasteiger partial charge in [0.1, 0.15) is 0 Å². The molecule has 2 aliphatic rings. The molecule has 1 N–H and O–H groups in total. The second-order valence-electron chi connectivity index (χ2n) is 3.89. The number of piperidine rings is 1. The lowest BCUT2D eigenvalue weighted by atomic mass is 9.90. The summed E-state index contributed by atoms with van der Waals surface area (Å²) in [6.07, 6.45) is 5.04. The van der Waals surface area contributed by atoms with Crippen molar-refractivity contribution < 1.29 is 4.74 Å². The Kier molecular flexibility index (Phi) is 5.00. The summed E-state index contributed by atoms with van der Waals surface area (Å²) in [4.78, 5) is 0. The molecule has 2 aliphatic heterocycles. The van der Waals surface area contributed by atoms with Crippen molar-refractivity contribution in [3.63, 3.8) is 0 Å². The predicted octanol–water partition coefficient (Wildman–Crippen LogP) is 1.95. The molecule has 2 rings (SSSR count). The molecular weight excluding hydrogens is 174 g/mol.